The number of halogens is 1. The molecule has 0 atom stereocenters. The van der Waals surface area contributed by atoms with Gasteiger partial charge in [0, 0.05) is 0 Å². The Balaban J connectivity index is 2.56. The molecular formula is C24H26BrO2P. The number of carbonyl (C=O) groups is 1. The quantitative estimate of drug-likeness (QED) is 0.446. The molecule has 2 nitrogen and oxygen atoms in total. The number of hydrogen-bond acceptors (Lipinski definition) is 2. The third-order valence-corrected chi connectivity index (χ3v) is 14.8. The van der Waals surface area contributed by atoms with E-state index >= 15 is 0 Å². The van der Waals surface area contributed by atoms with E-state index in [1.54, 1.807) is 0 Å². The van der Waals surface area contributed by atoms with E-state index in [9.17, 15) is 4.79 Å². The monoisotopic (exact) mass is 456 g/mol. The van der Waals surface area contributed by atoms with E-state index in [4.69, 9.17) is 4.74 Å². The molecule has 0 aliphatic heterocycles. The molecule has 28 heavy (non-hydrogen) atoms. The molecule has 3 rings (SSSR count). The van der Waals surface area contributed by atoms with E-state index in [2.05, 4.69) is 48.4 Å². The Hall–Kier alpha value is -1.96. The van der Waals surface area contributed by atoms with Crippen LogP contribution in [0.15, 0.2) is 72.8 Å². The second-order valence-corrected chi connectivity index (χ2v) is 15.2. The van der Waals surface area contributed by atoms with Gasteiger partial charge in [0.15, 0.2) is 0 Å². The van der Waals surface area contributed by atoms with E-state index in [0.29, 0.717) is 6.61 Å². The van der Waals surface area contributed by atoms with Gasteiger partial charge >= 0.3 is 176 Å². The van der Waals surface area contributed by atoms with E-state index in [-0.39, 0.29) is 5.71 Å². The molecule has 3 aromatic carbocycles. The molecule has 0 saturated carbocycles. The maximum atomic E-state index is 13.9. The van der Waals surface area contributed by atoms with Crippen molar-refractivity contribution >= 4 is 42.4 Å². The molecule has 0 unspecified atom stereocenters. The number of rotatable bonds is 5. The van der Waals surface area contributed by atoms with Gasteiger partial charge in [0.05, 0.1) is 0 Å². The number of ether oxygens (including phenoxy) is 1. The van der Waals surface area contributed by atoms with Crippen molar-refractivity contribution in [1.29, 1.82) is 0 Å². The molecular weight excluding hydrogens is 431 g/mol. The minimum absolute atomic E-state index is 0.211. The van der Waals surface area contributed by atoms with Gasteiger partial charge in [-0.1, -0.05) is 0 Å². The van der Waals surface area contributed by atoms with E-state index < -0.39 is 5.31 Å². The SMILES string of the molecule is CCOC(=O)P(Br)(c1ccccc1)(c1ccccc1)c1ccc(C)c(C)c1C. The Morgan fingerprint density at radius 1 is 0.821 bits per heavy atom. The second-order valence-electron chi connectivity index (χ2n) is 7.03. The number of carbonyl (C=O) groups excluding carboxylic acids is 1. The van der Waals surface area contributed by atoms with Crippen LogP contribution in [0.5, 0.6) is 0 Å². The summed E-state index contributed by atoms with van der Waals surface area (Å²) >= 11 is 4.15. The standard InChI is InChI=1S/C24H26BrO2P/c1-5-27-24(26)28(25,21-12-8-6-9-13-21,22-14-10-7-11-15-22)23-17-16-18(2)19(3)20(23)4/h6-17H,5H2,1-4H3. The van der Waals surface area contributed by atoms with Gasteiger partial charge in [0.2, 0.25) is 0 Å². The van der Waals surface area contributed by atoms with E-state index in [1.807, 2.05) is 67.6 Å². The van der Waals surface area contributed by atoms with Crippen molar-refractivity contribution in [2.45, 2.75) is 27.7 Å². The number of benzene rings is 3. The summed E-state index contributed by atoms with van der Waals surface area (Å²) in [6.07, 6.45) is 0. The van der Waals surface area contributed by atoms with Gasteiger partial charge < -0.3 is 0 Å². The zero-order chi connectivity index (χ0) is 20.4. The van der Waals surface area contributed by atoms with Crippen molar-refractivity contribution in [2.24, 2.45) is 0 Å². The summed E-state index contributed by atoms with van der Waals surface area (Å²) in [6.45, 7) is 8.50. The first-order valence-corrected chi connectivity index (χ1v) is 13.7. The summed E-state index contributed by atoms with van der Waals surface area (Å²) in [5, 5.41) is -0.814. The molecule has 146 valence electrons. The van der Waals surface area contributed by atoms with Crippen molar-refractivity contribution in [2.75, 3.05) is 6.61 Å². The fraction of sp³-hybridized carbons (Fsp3) is 0.208. The van der Waals surface area contributed by atoms with Crippen LogP contribution in [0.3, 0.4) is 0 Å². The van der Waals surface area contributed by atoms with Crippen molar-refractivity contribution in [3.05, 3.63) is 89.5 Å². The van der Waals surface area contributed by atoms with Crippen LogP contribution in [0.2, 0.25) is 0 Å². The van der Waals surface area contributed by atoms with Crippen LogP contribution in [0.1, 0.15) is 23.6 Å². The molecule has 0 radical (unpaired) electrons. The van der Waals surface area contributed by atoms with Gasteiger partial charge in [-0.05, 0) is 0 Å². The molecule has 0 bridgehead atoms. The third-order valence-electron chi connectivity index (χ3n) is 5.57. The summed E-state index contributed by atoms with van der Waals surface area (Å²) in [5.74, 6) is 0. The average molecular weight is 457 g/mol. The second kappa shape index (κ2) is 7.81. The number of hydrogen-bond donors (Lipinski definition) is 0. The third kappa shape index (κ3) is 2.93. The number of aryl methyl sites for hydroxylation is 1. The van der Waals surface area contributed by atoms with Crippen molar-refractivity contribution < 1.29 is 9.53 Å². The van der Waals surface area contributed by atoms with Crippen LogP contribution in [0.4, 0.5) is 4.79 Å². The van der Waals surface area contributed by atoms with Gasteiger partial charge in [-0.15, -0.1) is 0 Å². The summed E-state index contributed by atoms with van der Waals surface area (Å²) in [7, 11) is 0. The Morgan fingerprint density at radius 2 is 1.32 bits per heavy atom. The molecule has 0 amide bonds. The van der Waals surface area contributed by atoms with Crippen LogP contribution in [0, 0.1) is 20.8 Å². The summed E-state index contributed by atoms with van der Waals surface area (Å²) in [6, 6.07) is 24.2. The van der Waals surface area contributed by atoms with Crippen LogP contribution in [-0.4, -0.2) is 12.3 Å². The predicted octanol–water partition coefficient (Wildman–Crippen LogP) is 5.91. The fourth-order valence-electron chi connectivity index (χ4n) is 3.79. The summed E-state index contributed by atoms with van der Waals surface area (Å²) in [4.78, 5) is 13.9. The molecule has 0 aliphatic rings. The molecule has 0 aromatic heterocycles. The van der Waals surface area contributed by atoms with Gasteiger partial charge in [0.25, 0.3) is 0 Å². The van der Waals surface area contributed by atoms with Crippen LogP contribution >= 0.6 is 20.8 Å². The predicted molar refractivity (Wildman–Crippen MR) is 125 cm³/mol. The Labute approximate surface area is 175 Å². The first-order valence-electron chi connectivity index (χ1n) is 9.45. The Kier molecular flexibility index (Phi) is 5.79. The van der Waals surface area contributed by atoms with Crippen LogP contribution in [0.25, 0.3) is 0 Å². The molecule has 4 heteroatoms. The van der Waals surface area contributed by atoms with Gasteiger partial charge in [0.1, 0.15) is 0 Å². The average Bonchev–Trinajstić information content (AvgIpc) is 2.73. The van der Waals surface area contributed by atoms with Crippen molar-refractivity contribution in [3.63, 3.8) is 0 Å². The van der Waals surface area contributed by atoms with Gasteiger partial charge in [-0.2, -0.15) is 0 Å². The topological polar surface area (TPSA) is 26.3 Å². The van der Waals surface area contributed by atoms with Crippen LogP contribution < -0.4 is 15.9 Å². The zero-order valence-corrected chi connectivity index (χ0v) is 19.3. The zero-order valence-electron chi connectivity index (χ0n) is 16.8. The Morgan fingerprint density at radius 3 is 1.79 bits per heavy atom. The molecule has 0 saturated heterocycles. The normalized spacial score (nSPS) is 12.8. The Bertz CT molecular complexity index is 960. The summed E-state index contributed by atoms with van der Waals surface area (Å²) < 4.78 is 5.77. The first kappa shape index (κ1) is 20.8. The first-order chi connectivity index (χ1) is 13.4. The maximum absolute atomic E-state index is 13.9. The van der Waals surface area contributed by atoms with Crippen molar-refractivity contribution in [1.82, 2.24) is 0 Å². The summed E-state index contributed by atoms with van der Waals surface area (Å²) in [5.41, 5.74) is 3.32. The van der Waals surface area contributed by atoms with E-state index in [1.165, 1.54) is 11.1 Å². The molecule has 0 N–H and O–H groups in total. The van der Waals surface area contributed by atoms with Crippen LogP contribution in [-0.2, 0) is 4.74 Å². The van der Waals surface area contributed by atoms with Gasteiger partial charge in [-0.3, -0.25) is 0 Å². The molecule has 0 aliphatic carbocycles. The molecule has 0 heterocycles. The van der Waals surface area contributed by atoms with Crippen molar-refractivity contribution in [3.8, 4) is 0 Å². The van der Waals surface area contributed by atoms with Gasteiger partial charge in [-0.25, -0.2) is 0 Å². The molecule has 3 aromatic rings. The molecule has 0 spiro atoms. The fourth-order valence-corrected chi connectivity index (χ4v) is 11.1. The van der Waals surface area contributed by atoms with E-state index in [0.717, 1.165) is 21.5 Å². The molecule has 0 fully saturated rings. The minimum atomic E-state index is -3.72.